The Labute approximate surface area is 136 Å². The third kappa shape index (κ3) is 14.7. The Kier molecular flexibility index (Phi) is 13.6. The quantitative estimate of drug-likeness (QED) is 0.328. The first-order valence-corrected chi connectivity index (χ1v) is 7.37. The van der Waals surface area contributed by atoms with Crippen LogP contribution in [0.4, 0.5) is 4.79 Å². The van der Waals surface area contributed by atoms with Gasteiger partial charge in [-0.05, 0) is 6.92 Å². The summed E-state index contributed by atoms with van der Waals surface area (Å²) < 4.78 is 19.7. The number of hydrogen-bond donors (Lipinski definition) is 2. The lowest BCUT2D eigenvalue weighted by atomic mass is 10.4. The van der Waals surface area contributed by atoms with E-state index in [9.17, 15) is 9.59 Å². The van der Waals surface area contributed by atoms with Crippen molar-refractivity contribution in [1.82, 2.24) is 10.2 Å². The monoisotopic (exact) mass is 333 g/mol. The van der Waals surface area contributed by atoms with Crippen LogP contribution in [-0.2, 0) is 23.7 Å². The number of nitrogens with two attached hydrogens (primary N) is 1. The molecule has 23 heavy (non-hydrogen) atoms. The van der Waals surface area contributed by atoms with Crippen molar-refractivity contribution in [2.24, 2.45) is 5.73 Å². The predicted octanol–water partition coefficient (Wildman–Crippen LogP) is -0.329. The van der Waals surface area contributed by atoms with Crippen molar-refractivity contribution in [2.45, 2.75) is 6.92 Å². The molecule has 0 bridgehead atoms. The molecule has 0 atom stereocenters. The molecule has 0 aromatic heterocycles. The maximum absolute atomic E-state index is 11.4. The highest BCUT2D eigenvalue weighted by molar-refractivity contribution is 5.67. The van der Waals surface area contributed by atoms with Gasteiger partial charge >= 0.3 is 6.09 Å². The van der Waals surface area contributed by atoms with Crippen LogP contribution >= 0.6 is 0 Å². The minimum Gasteiger partial charge on any atom is -0.465 e. The van der Waals surface area contributed by atoms with Gasteiger partial charge in [0.25, 0.3) is 6.47 Å². The van der Waals surface area contributed by atoms with Crippen LogP contribution in [0.25, 0.3) is 0 Å². The molecule has 3 N–H and O–H groups in total. The van der Waals surface area contributed by atoms with E-state index >= 15 is 0 Å². The van der Waals surface area contributed by atoms with Crippen molar-refractivity contribution in [3.8, 4) is 0 Å². The molecule has 0 radical (unpaired) electrons. The molecule has 9 heteroatoms. The van der Waals surface area contributed by atoms with Gasteiger partial charge in [-0.1, -0.05) is 0 Å². The zero-order chi connectivity index (χ0) is 17.3. The molecule has 1 amide bonds. The summed E-state index contributed by atoms with van der Waals surface area (Å²) in [7, 11) is 1.83. The van der Waals surface area contributed by atoms with Gasteiger partial charge in [0.2, 0.25) is 0 Å². The summed E-state index contributed by atoms with van der Waals surface area (Å²) in [6.45, 7) is 5.26. The van der Waals surface area contributed by atoms with Crippen molar-refractivity contribution < 1.29 is 28.5 Å². The summed E-state index contributed by atoms with van der Waals surface area (Å²) in [6.07, 6.45) is 1.16. The van der Waals surface area contributed by atoms with Crippen molar-refractivity contribution in [3.63, 3.8) is 0 Å². The van der Waals surface area contributed by atoms with Crippen LogP contribution in [0.1, 0.15) is 6.92 Å². The Bertz CT molecular complexity index is 351. The van der Waals surface area contributed by atoms with E-state index in [-0.39, 0.29) is 19.8 Å². The normalized spacial score (nSPS) is 11.0. The number of rotatable bonds is 14. The topological polar surface area (TPSA) is 112 Å². The Hall–Kier alpha value is -2.00. The fourth-order valence-electron chi connectivity index (χ4n) is 1.42. The third-order valence-electron chi connectivity index (χ3n) is 2.49. The Morgan fingerprint density at radius 2 is 1.91 bits per heavy atom. The lowest BCUT2D eigenvalue weighted by Crippen LogP contribution is -2.30. The average molecular weight is 333 g/mol. The number of carbonyl (C=O) groups excluding carboxylic acids is 2. The van der Waals surface area contributed by atoms with E-state index < -0.39 is 6.09 Å². The van der Waals surface area contributed by atoms with Crippen molar-refractivity contribution in [1.29, 1.82) is 0 Å². The molecule has 0 aliphatic heterocycles. The minimum absolute atomic E-state index is 0.186. The van der Waals surface area contributed by atoms with Gasteiger partial charge in [-0.3, -0.25) is 4.79 Å². The van der Waals surface area contributed by atoms with Gasteiger partial charge in [-0.15, -0.1) is 0 Å². The highest BCUT2D eigenvalue weighted by atomic mass is 16.6. The molecule has 0 aromatic carbocycles. The average Bonchev–Trinajstić information content (AvgIpc) is 2.53. The van der Waals surface area contributed by atoms with Gasteiger partial charge in [0.15, 0.2) is 0 Å². The first kappa shape index (κ1) is 21.0. The second kappa shape index (κ2) is 14.9. The summed E-state index contributed by atoms with van der Waals surface area (Å²) in [5, 5.41) is 2.54. The van der Waals surface area contributed by atoms with Gasteiger partial charge < -0.3 is 34.9 Å². The second-order valence-corrected chi connectivity index (χ2v) is 4.45. The second-order valence-electron chi connectivity index (χ2n) is 4.45. The van der Waals surface area contributed by atoms with E-state index in [1.807, 2.05) is 18.9 Å². The molecular weight excluding hydrogens is 306 g/mol. The highest BCUT2D eigenvalue weighted by Gasteiger charge is 2.02. The number of nitrogens with zero attached hydrogens (tertiary/aromatic N) is 1. The van der Waals surface area contributed by atoms with Crippen LogP contribution in [0.3, 0.4) is 0 Å². The van der Waals surface area contributed by atoms with Crippen molar-refractivity contribution >= 4 is 12.6 Å². The zero-order valence-electron chi connectivity index (χ0n) is 13.8. The maximum Gasteiger partial charge on any atom is 0.407 e. The SMILES string of the molecule is CCOCCOC(=O)NC/C(N)=C/N(C)CCOCCOC=O. The molecule has 0 saturated heterocycles. The van der Waals surface area contributed by atoms with E-state index in [1.165, 1.54) is 0 Å². The van der Waals surface area contributed by atoms with Gasteiger partial charge in [0.1, 0.15) is 13.2 Å². The molecule has 0 rings (SSSR count). The van der Waals surface area contributed by atoms with E-state index in [1.54, 1.807) is 6.20 Å². The smallest absolute Gasteiger partial charge is 0.407 e. The van der Waals surface area contributed by atoms with Gasteiger partial charge in [0, 0.05) is 32.1 Å². The zero-order valence-corrected chi connectivity index (χ0v) is 13.8. The lowest BCUT2D eigenvalue weighted by molar-refractivity contribution is -0.130. The standard InChI is InChI=1S/C14H27N3O6/c1-3-20-8-9-23-14(19)16-10-13(15)11-17(2)4-5-21-6-7-22-12-18/h11-12H,3-10,15H2,1-2H3,(H,16,19)/b13-11-. The van der Waals surface area contributed by atoms with E-state index in [0.29, 0.717) is 45.1 Å². The lowest BCUT2D eigenvalue weighted by Gasteiger charge is -2.15. The summed E-state index contributed by atoms with van der Waals surface area (Å²) in [4.78, 5) is 23.1. The van der Waals surface area contributed by atoms with Crippen LogP contribution in [0, 0.1) is 0 Å². The Morgan fingerprint density at radius 3 is 2.61 bits per heavy atom. The number of amides is 1. The number of likely N-dealkylation sites (N-methyl/N-ethyl adjacent to an activating group) is 1. The van der Waals surface area contributed by atoms with Crippen LogP contribution in [0.5, 0.6) is 0 Å². The molecule has 0 fully saturated rings. The first-order valence-electron chi connectivity index (χ1n) is 7.37. The van der Waals surface area contributed by atoms with Crippen LogP contribution in [0.2, 0.25) is 0 Å². The highest BCUT2D eigenvalue weighted by Crippen LogP contribution is 1.90. The van der Waals surface area contributed by atoms with E-state index in [0.717, 1.165) is 0 Å². The maximum atomic E-state index is 11.4. The van der Waals surface area contributed by atoms with Crippen LogP contribution in [-0.4, -0.2) is 77.2 Å². The van der Waals surface area contributed by atoms with Crippen molar-refractivity contribution in [2.75, 3.05) is 59.8 Å². The molecule has 0 spiro atoms. The molecule has 0 aliphatic carbocycles. The molecule has 0 heterocycles. The summed E-state index contributed by atoms with van der Waals surface area (Å²) >= 11 is 0. The molecule has 0 aromatic rings. The Balaban J connectivity index is 3.70. The molecule has 134 valence electrons. The molecule has 0 saturated carbocycles. The molecular formula is C14H27N3O6. The van der Waals surface area contributed by atoms with Crippen molar-refractivity contribution in [3.05, 3.63) is 11.9 Å². The van der Waals surface area contributed by atoms with Crippen LogP contribution < -0.4 is 11.1 Å². The van der Waals surface area contributed by atoms with Gasteiger partial charge in [0.05, 0.1) is 26.4 Å². The Morgan fingerprint density at radius 1 is 1.17 bits per heavy atom. The summed E-state index contributed by atoms with van der Waals surface area (Å²) in [5.41, 5.74) is 6.28. The fourth-order valence-corrected chi connectivity index (χ4v) is 1.42. The summed E-state index contributed by atoms with van der Waals surface area (Å²) in [6, 6.07) is 0. The fraction of sp³-hybridized carbons (Fsp3) is 0.714. The van der Waals surface area contributed by atoms with E-state index in [4.69, 9.17) is 19.9 Å². The third-order valence-corrected chi connectivity index (χ3v) is 2.49. The number of hydrogen-bond acceptors (Lipinski definition) is 8. The molecule has 0 unspecified atom stereocenters. The largest absolute Gasteiger partial charge is 0.465 e. The first-order chi connectivity index (χ1) is 11.1. The van der Waals surface area contributed by atoms with Gasteiger partial charge in [-0.2, -0.15) is 0 Å². The minimum atomic E-state index is -0.540. The van der Waals surface area contributed by atoms with Crippen LogP contribution in [0.15, 0.2) is 11.9 Å². The summed E-state index contributed by atoms with van der Waals surface area (Å²) in [5.74, 6) is 0. The number of carbonyl (C=O) groups is 2. The number of ether oxygens (including phenoxy) is 4. The number of alkyl carbamates (subject to hydrolysis) is 1. The molecule has 9 nitrogen and oxygen atoms in total. The predicted molar refractivity (Wildman–Crippen MR) is 83.6 cm³/mol. The molecule has 0 aliphatic rings. The number of nitrogens with one attached hydrogen (secondary N) is 1. The van der Waals surface area contributed by atoms with E-state index in [2.05, 4.69) is 10.1 Å². The van der Waals surface area contributed by atoms with Gasteiger partial charge in [-0.25, -0.2) is 4.79 Å².